The van der Waals surface area contributed by atoms with Crippen molar-refractivity contribution < 1.29 is 9.84 Å². The first-order valence-electron chi connectivity index (χ1n) is 11.0. The van der Waals surface area contributed by atoms with Gasteiger partial charge in [0.15, 0.2) is 0 Å². The number of hydrogen-bond acceptors (Lipinski definition) is 4. The first-order valence-corrected chi connectivity index (χ1v) is 11.0. The molecule has 2 saturated carbocycles. The van der Waals surface area contributed by atoms with E-state index in [2.05, 4.69) is 40.1 Å². The number of ether oxygens (including phenoxy) is 1. The Balaban J connectivity index is 1.06. The van der Waals surface area contributed by atoms with Crippen LogP contribution in [0.1, 0.15) is 37.7 Å². The van der Waals surface area contributed by atoms with Crippen LogP contribution in [0.15, 0.2) is 30.3 Å². The van der Waals surface area contributed by atoms with Crippen LogP contribution in [-0.4, -0.2) is 66.9 Å². The van der Waals surface area contributed by atoms with Gasteiger partial charge in [0.2, 0.25) is 0 Å². The number of nitrogens with zero attached hydrogens (tertiary/aromatic N) is 2. The number of β-amino-alcohol motifs (C(OH)–C–C–N with tert-alkyl or cyclic N) is 1. The summed E-state index contributed by atoms with van der Waals surface area (Å²) in [6.07, 6.45) is 6.68. The van der Waals surface area contributed by atoms with Gasteiger partial charge in [-0.1, -0.05) is 36.8 Å². The van der Waals surface area contributed by atoms with Crippen molar-refractivity contribution in [1.82, 2.24) is 9.80 Å². The van der Waals surface area contributed by atoms with Crippen LogP contribution in [0.4, 0.5) is 0 Å². The van der Waals surface area contributed by atoms with Crippen molar-refractivity contribution in [2.45, 2.75) is 44.8 Å². The van der Waals surface area contributed by atoms with Crippen LogP contribution in [-0.2, 0) is 11.3 Å². The Bertz CT molecular complexity index is 559. The quantitative estimate of drug-likeness (QED) is 0.676. The normalized spacial score (nSPS) is 30.0. The number of fused-ring (bicyclic) bond motifs is 2. The average molecular weight is 373 g/mol. The van der Waals surface area contributed by atoms with E-state index in [1.54, 1.807) is 0 Å². The Kier molecular flexibility index (Phi) is 6.82. The molecular weight excluding hydrogens is 336 g/mol. The topological polar surface area (TPSA) is 35.9 Å². The number of hydrogen-bond donors (Lipinski definition) is 1. The Morgan fingerprint density at radius 2 is 1.78 bits per heavy atom. The fraction of sp³-hybridized carbons (Fsp3) is 0.739. The smallest absolute Gasteiger partial charge is 0.0900 e. The maximum atomic E-state index is 10.3. The standard InChI is InChI=1S/C23H36N2O2/c26-23(18-27-13-8-22-15-20-6-7-21(22)14-20)17-25-11-9-24(10-12-25)16-19-4-2-1-3-5-19/h1-5,20-23,26H,6-18H2/t20-,21-,22+,23+/m0/s1. The average Bonchev–Trinajstić information content (AvgIpc) is 3.31. The lowest BCUT2D eigenvalue weighted by molar-refractivity contribution is 0.00188. The molecule has 1 heterocycles. The van der Waals surface area contributed by atoms with E-state index in [0.29, 0.717) is 6.61 Å². The van der Waals surface area contributed by atoms with Crippen LogP contribution >= 0.6 is 0 Å². The monoisotopic (exact) mass is 372 g/mol. The predicted molar refractivity (Wildman–Crippen MR) is 109 cm³/mol. The zero-order valence-corrected chi connectivity index (χ0v) is 16.6. The van der Waals surface area contributed by atoms with E-state index in [1.807, 2.05) is 0 Å². The summed E-state index contributed by atoms with van der Waals surface area (Å²) in [5, 5.41) is 10.3. The Morgan fingerprint density at radius 3 is 2.48 bits per heavy atom. The first kappa shape index (κ1) is 19.4. The summed E-state index contributed by atoms with van der Waals surface area (Å²) in [5.74, 6) is 2.90. The molecule has 27 heavy (non-hydrogen) atoms. The van der Waals surface area contributed by atoms with Gasteiger partial charge in [0, 0.05) is 45.9 Å². The van der Waals surface area contributed by atoms with Crippen molar-refractivity contribution in [1.29, 1.82) is 0 Å². The molecule has 3 fully saturated rings. The van der Waals surface area contributed by atoms with E-state index >= 15 is 0 Å². The maximum Gasteiger partial charge on any atom is 0.0900 e. The van der Waals surface area contributed by atoms with Crippen LogP contribution in [0, 0.1) is 17.8 Å². The minimum Gasteiger partial charge on any atom is -0.389 e. The van der Waals surface area contributed by atoms with Crippen molar-refractivity contribution in [2.24, 2.45) is 17.8 Å². The molecule has 150 valence electrons. The molecule has 0 aromatic heterocycles. The van der Waals surface area contributed by atoms with Crippen molar-refractivity contribution in [3.8, 4) is 0 Å². The molecule has 4 nitrogen and oxygen atoms in total. The highest BCUT2D eigenvalue weighted by atomic mass is 16.5. The second-order valence-corrected chi connectivity index (χ2v) is 9.01. The summed E-state index contributed by atoms with van der Waals surface area (Å²) < 4.78 is 5.82. The third-order valence-corrected chi connectivity index (χ3v) is 7.01. The molecule has 3 aliphatic rings. The third-order valence-electron chi connectivity index (χ3n) is 7.01. The van der Waals surface area contributed by atoms with E-state index in [1.165, 1.54) is 37.7 Å². The van der Waals surface area contributed by atoms with Gasteiger partial charge in [0.25, 0.3) is 0 Å². The lowest BCUT2D eigenvalue weighted by Gasteiger charge is -2.35. The molecular formula is C23H36N2O2. The molecule has 1 saturated heterocycles. The highest BCUT2D eigenvalue weighted by Crippen LogP contribution is 2.49. The van der Waals surface area contributed by atoms with Crippen LogP contribution in [0.2, 0.25) is 0 Å². The van der Waals surface area contributed by atoms with Gasteiger partial charge in [-0.3, -0.25) is 9.80 Å². The van der Waals surface area contributed by atoms with Gasteiger partial charge in [-0.15, -0.1) is 0 Å². The van der Waals surface area contributed by atoms with Crippen LogP contribution in [0.5, 0.6) is 0 Å². The summed E-state index contributed by atoms with van der Waals surface area (Å²) in [6, 6.07) is 10.7. The molecule has 0 amide bonds. The number of aliphatic hydroxyl groups excluding tert-OH is 1. The summed E-state index contributed by atoms with van der Waals surface area (Å²) >= 11 is 0. The summed E-state index contributed by atoms with van der Waals surface area (Å²) in [7, 11) is 0. The van der Waals surface area contributed by atoms with Gasteiger partial charge in [-0.05, 0) is 49.0 Å². The van der Waals surface area contributed by atoms with Gasteiger partial charge < -0.3 is 9.84 Å². The van der Waals surface area contributed by atoms with E-state index in [0.717, 1.165) is 63.6 Å². The number of aliphatic hydroxyl groups is 1. The number of rotatable bonds is 9. The van der Waals surface area contributed by atoms with Crippen molar-refractivity contribution >= 4 is 0 Å². The first-order chi connectivity index (χ1) is 13.3. The number of piperazine rings is 1. The molecule has 1 N–H and O–H groups in total. The van der Waals surface area contributed by atoms with E-state index in [9.17, 15) is 5.11 Å². The van der Waals surface area contributed by atoms with E-state index in [4.69, 9.17) is 4.74 Å². The highest BCUT2D eigenvalue weighted by Gasteiger charge is 2.38. The zero-order chi connectivity index (χ0) is 18.5. The molecule has 1 aromatic carbocycles. The van der Waals surface area contributed by atoms with Gasteiger partial charge >= 0.3 is 0 Å². The Labute approximate surface area is 164 Å². The summed E-state index contributed by atoms with van der Waals surface area (Å²) in [4.78, 5) is 4.88. The fourth-order valence-electron chi connectivity index (χ4n) is 5.51. The lowest BCUT2D eigenvalue weighted by atomic mass is 9.87. The van der Waals surface area contributed by atoms with Gasteiger partial charge in [-0.25, -0.2) is 0 Å². The molecule has 1 aromatic rings. The van der Waals surface area contributed by atoms with Crippen LogP contribution < -0.4 is 0 Å². The molecule has 2 bridgehead atoms. The second-order valence-electron chi connectivity index (χ2n) is 9.01. The van der Waals surface area contributed by atoms with Crippen molar-refractivity contribution in [2.75, 3.05) is 45.9 Å². The fourth-order valence-corrected chi connectivity index (χ4v) is 5.51. The maximum absolute atomic E-state index is 10.3. The van der Waals surface area contributed by atoms with Crippen molar-refractivity contribution in [3.05, 3.63) is 35.9 Å². The molecule has 0 spiro atoms. The van der Waals surface area contributed by atoms with Gasteiger partial charge in [0.05, 0.1) is 12.7 Å². The van der Waals surface area contributed by atoms with Gasteiger partial charge in [0.1, 0.15) is 0 Å². The Morgan fingerprint density at radius 1 is 1.00 bits per heavy atom. The minimum atomic E-state index is -0.356. The zero-order valence-electron chi connectivity index (χ0n) is 16.6. The van der Waals surface area contributed by atoms with Crippen molar-refractivity contribution in [3.63, 3.8) is 0 Å². The van der Waals surface area contributed by atoms with E-state index in [-0.39, 0.29) is 6.10 Å². The van der Waals surface area contributed by atoms with Gasteiger partial charge in [-0.2, -0.15) is 0 Å². The largest absolute Gasteiger partial charge is 0.389 e. The van der Waals surface area contributed by atoms with Crippen LogP contribution in [0.3, 0.4) is 0 Å². The highest BCUT2D eigenvalue weighted by molar-refractivity contribution is 5.14. The molecule has 4 atom stereocenters. The lowest BCUT2D eigenvalue weighted by Crippen LogP contribution is -2.48. The molecule has 1 aliphatic heterocycles. The third kappa shape index (κ3) is 5.54. The summed E-state index contributed by atoms with van der Waals surface area (Å²) in [6.45, 7) is 7.32. The van der Waals surface area contributed by atoms with E-state index < -0.39 is 0 Å². The molecule has 4 rings (SSSR count). The summed E-state index contributed by atoms with van der Waals surface area (Å²) in [5.41, 5.74) is 1.38. The molecule has 2 aliphatic carbocycles. The SMILES string of the molecule is O[C@@H](COCC[C@@H]1C[C@H]2CC[C@H]1C2)CN1CCN(Cc2ccccc2)CC1. The predicted octanol–water partition coefficient (Wildman–Crippen LogP) is 3.01. The molecule has 0 unspecified atom stereocenters. The van der Waals surface area contributed by atoms with Crippen LogP contribution in [0.25, 0.3) is 0 Å². The molecule has 0 radical (unpaired) electrons. The molecule has 4 heteroatoms. The minimum absolute atomic E-state index is 0.356. The Hall–Kier alpha value is -0.940. The number of benzene rings is 1. The second kappa shape index (κ2) is 9.51.